The molecule has 0 aromatic heterocycles. The molecule has 1 saturated carbocycles. The molecule has 1 aliphatic carbocycles. The minimum atomic E-state index is 0.558. The smallest absolute Gasteiger partial charge is 0.0587 e. The van der Waals surface area contributed by atoms with Crippen molar-refractivity contribution in [2.75, 3.05) is 53.6 Å². The third kappa shape index (κ3) is 5.80. The Hall–Kier alpha value is -0.160. The molecule has 0 aromatic carbocycles. The first-order valence-corrected chi connectivity index (χ1v) is 6.22. The molecule has 1 aliphatic rings. The number of methoxy groups -OCH3 is 2. The van der Waals surface area contributed by atoms with Crippen LogP contribution in [0.5, 0.6) is 0 Å². The van der Waals surface area contributed by atoms with Gasteiger partial charge in [0.25, 0.3) is 0 Å². The van der Waals surface area contributed by atoms with Crippen LogP contribution in [-0.2, 0) is 9.47 Å². The Balaban J connectivity index is 1.87. The van der Waals surface area contributed by atoms with Gasteiger partial charge in [-0.3, -0.25) is 0 Å². The normalized spacial score (nSPS) is 17.6. The average molecular weight is 230 g/mol. The van der Waals surface area contributed by atoms with Crippen LogP contribution in [0.2, 0.25) is 0 Å². The standard InChI is InChI=1S/C12H26N2O2/c1-15-9-5-12(3-4-12)11-14-7-6-13-8-10-16-2/h13-14H,3-11H2,1-2H3. The Morgan fingerprint density at radius 1 is 0.938 bits per heavy atom. The highest BCUT2D eigenvalue weighted by Crippen LogP contribution is 2.47. The van der Waals surface area contributed by atoms with Gasteiger partial charge in [0, 0.05) is 47.0 Å². The van der Waals surface area contributed by atoms with Crippen LogP contribution in [0.4, 0.5) is 0 Å². The van der Waals surface area contributed by atoms with Crippen molar-refractivity contribution in [1.82, 2.24) is 10.6 Å². The lowest BCUT2D eigenvalue weighted by molar-refractivity contribution is 0.171. The van der Waals surface area contributed by atoms with E-state index >= 15 is 0 Å². The van der Waals surface area contributed by atoms with E-state index in [0.717, 1.165) is 39.4 Å². The Bertz CT molecular complexity index is 172. The fourth-order valence-electron chi connectivity index (χ4n) is 1.84. The molecule has 4 nitrogen and oxygen atoms in total. The van der Waals surface area contributed by atoms with E-state index in [2.05, 4.69) is 10.6 Å². The monoisotopic (exact) mass is 230 g/mol. The minimum absolute atomic E-state index is 0.558. The van der Waals surface area contributed by atoms with Gasteiger partial charge in [0.15, 0.2) is 0 Å². The van der Waals surface area contributed by atoms with Crippen molar-refractivity contribution in [2.24, 2.45) is 5.41 Å². The fraction of sp³-hybridized carbons (Fsp3) is 1.00. The maximum atomic E-state index is 5.14. The molecular weight excluding hydrogens is 204 g/mol. The van der Waals surface area contributed by atoms with E-state index in [0.29, 0.717) is 5.41 Å². The zero-order valence-corrected chi connectivity index (χ0v) is 10.7. The van der Waals surface area contributed by atoms with Crippen molar-refractivity contribution in [3.05, 3.63) is 0 Å². The quantitative estimate of drug-likeness (QED) is 0.511. The summed E-state index contributed by atoms with van der Waals surface area (Å²) in [7, 11) is 3.51. The zero-order chi connectivity index (χ0) is 11.7. The summed E-state index contributed by atoms with van der Waals surface area (Å²) >= 11 is 0. The van der Waals surface area contributed by atoms with Crippen molar-refractivity contribution in [3.8, 4) is 0 Å². The molecule has 0 spiro atoms. The Kier molecular flexibility index (Phi) is 6.96. The number of hydrogen-bond donors (Lipinski definition) is 2. The van der Waals surface area contributed by atoms with Crippen LogP contribution in [-0.4, -0.2) is 53.6 Å². The second-order valence-corrected chi connectivity index (χ2v) is 4.66. The summed E-state index contributed by atoms with van der Waals surface area (Å²) in [6.45, 7) is 5.82. The van der Waals surface area contributed by atoms with Crippen LogP contribution in [0.15, 0.2) is 0 Å². The molecule has 1 rings (SSSR count). The van der Waals surface area contributed by atoms with Crippen molar-refractivity contribution >= 4 is 0 Å². The largest absolute Gasteiger partial charge is 0.385 e. The van der Waals surface area contributed by atoms with E-state index in [9.17, 15) is 0 Å². The Morgan fingerprint density at radius 3 is 2.25 bits per heavy atom. The molecule has 96 valence electrons. The molecule has 0 aromatic rings. The molecule has 0 aliphatic heterocycles. The molecule has 0 heterocycles. The summed E-state index contributed by atoms with van der Waals surface area (Å²) < 4.78 is 10.1. The SMILES string of the molecule is COCCNCCNCC1(CCOC)CC1. The van der Waals surface area contributed by atoms with Gasteiger partial charge in [-0.2, -0.15) is 0 Å². The molecule has 0 bridgehead atoms. The molecule has 0 saturated heterocycles. The predicted molar refractivity (Wildman–Crippen MR) is 65.8 cm³/mol. The lowest BCUT2D eigenvalue weighted by Crippen LogP contribution is -2.33. The third-order valence-corrected chi connectivity index (χ3v) is 3.26. The summed E-state index contributed by atoms with van der Waals surface area (Å²) in [5.74, 6) is 0. The van der Waals surface area contributed by atoms with Gasteiger partial charge in [-0.1, -0.05) is 0 Å². The highest BCUT2D eigenvalue weighted by atomic mass is 16.5. The van der Waals surface area contributed by atoms with Gasteiger partial charge in [0.1, 0.15) is 0 Å². The lowest BCUT2D eigenvalue weighted by atomic mass is 10.0. The first-order chi connectivity index (χ1) is 7.83. The number of hydrogen-bond acceptors (Lipinski definition) is 4. The van der Waals surface area contributed by atoms with Crippen LogP contribution >= 0.6 is 0 Å². The van der Waals surface area contributed by atoms with Crippen molar-refractivity contribution in [3.63, 3.8) is 0 Å². The van der Waals surface area contributed by atoms with Gasteiger partial charge < -0.3 is 20.1 Å². The second kappa shape index (κ2) is 8.01. The van der Waals surface area contributed by atoms with E-state index in [4.69, 9.17) is 9.47 Å². The molecule has 0 amide bonds. The van der Waals surface area contributed by atoms with Gasteiger partial charge >= 0.3 is 0 Å². The van der Waals surface area contributed by atoms with Gasteiger partial charge in [-0.15, -0.1) is 0 Å². The highest BCUT2D eigenvalue weighted by Gasteiger charge is 2.41. The van der Waals surface area contributed by atoms with E-state index < -0.39 is 0 Å². The fourth-order valence-corrected chi connectivity index (χ4v) is 1.84. The van der Waals surface area contributed by atoms with E-state index in [-0.39, 0.29) is 0 Å². The predicted octanol–water partition coefficient (Wildman–Crippen LogP) is 0.629. The molecule has 0 radical (unpaired) electrons. The summed E-state index contributed by atoms with van der Waals surface area (Å²) in [6.07, 6.45) is 3.93. The Labute approximate surface area is 99.1 Å². The zero-order valence-electron chi connectivity index (χ0n) is 10.7. The van der Waals surface area contributed by atoms with Crippen molar-refractivity contribution in [2.45, 2.75) is 19.3 Å². The van der Waals surface area contributed by atoms with Gasteiger partial charge in [0.2, 0.25) is 0 Å². The topological polar surface area (TPSA) is 42.5 Å². The summed E-state index contributed by atoms with van der Waals surface area (Å²) in [5, 5.41) is 6.84. The number of rotatable bonds is 11. The summed E-state index contributed by atoms with van der Waals surface area (Å²) in [4.78, 5) is 0. The number of ether oxygens (including phenoxy) is 2. The number of nitrogens with one attached hydrogen (secondary N) is 2. The lowest BCUT2D eigenvalue weighted by Gasteiger charge is -2.15. The first-order valence-electron chi connectivity index (χ1n) is 6.22. The van der Waals surface area contributed by atoms with E-state index in [1.807, 2.05) is 0 Å². The van der Waals surface area contributed by atoms with Crippen LogP contribution in [0.1, 0.15) is 19.3 Å². The third-order valence-electron chi connectivity index (χ3n) is 3.26. The van der Waals surface area contributed by atoms with E-state index in [1.165, 1.54) is 19.3 Å². The summed E-state index contributed by atoms with van der Waals surface area (Å²) in [6, 6.07) is 0. The molecular formula is C12H26N2O2. The minimum Gasteiger partial charge on any atom is -0.385 e. The maximum absolute atomic E-state index is 5.14. The van der Waals surface area contributed by atoms with Crippen LogP contribution < -0.4 is 10.6 Å². The van der Waals surface area contributed by atoms with Crippen molar-refractivity contribution in [1.29, 1.82) is 0 Å². The van der Waals surface area contributed by atoms with E-state index in [1.54, 1.807) is 14.2 Å². The highest BCUT2D eigenvalue weighted by molar-refractivity contribution is 4.94. The molecule has 16 heavy (non-hydrogen) atoms. The van der Waals surface area contributed by atoms with Crippen LogP contribution in [0, 0.1) is 5.41 Å². The molecule has 0 atom stereocenters. The van der Waals surface area contributed by atoms with Gasteiger partial charge in [-0.25, -0.2) is 0 Å². The van der Waals surface area contributed by atoms with Crippen molar-refractivity contribution < 1.29 is 9.47 Å². The molecule has 0 unspecified atom stereocenters. The first kappa shape index (κ1) is 13.9. The maximum Gasteiger partial charge on any atom is 0.0587 e. The average Bonchev–Trinajstić information content (AvgIpc) is 3.06. The van der Waals surface area contributed by atoms with Crippen LogP contribution in [0.25, 0.3) is 0 Å². The van der Waals surface area contributed by atoms with Gasteiger partial charge in [-0.05, 0) is 24.7 Å². The molecule has 4 heteroatoms. The molecule has 2 N–H and O–H groups in total. The second-order valence-electron chi connectivity index (χ2n) is 4.66. The summed E-state index contributed by atoms with van der Waals surface area (Å²) in [5.41, 5.74) is 0.558. The van der Waals surface area contributed by atoms with Crippen LogP contribution in [0.3, 0.4) is 0 Å². The molecule has 1 fully saturated rings. The van der Waals surface area contributed by atoms with Gasteiger partial charge in [0.05, 0.1) is 6.61 Å². The Morgan fingerprint density at radius 2 is 1.62 bits per heavy atom.